The zero-order valence-electron chi connectivity index (χ0n) is 9.73. The maximum Gasteiger partial charge on any atom is 0.337 e. The van der Waals surface area contributed by atoms with Crippen molar-refractivity contribution in [1.82, 2.24) is 0 Å². The molecule has 0 fully saturated rings. The summed E-state index contributed by atoms with van der Waals surface area (Å²) in [6.07, 6.45) is 6.21. The van der Waals surface area contributed by atoms with E-state index in [0.717, 1.165) is 24.1 Å². The van der Waals surface area contributed by atoms with Crippen molar-refractivity contribution >= 4 is 17.3 Å². The lowest BCUT2D eigenvalue weighted by Gasteiger charge is -2.16. The van der Waals surface area contributed by atoms with Crippen molar-refractivity contribution in [3.63, 3.8) is 0 Å². The first kappa shape index (κ1) is 11.5. The van der Waals surface area contributed by atoms with Gasteiger partial charge in [0.1, 0.15) is 0 Å². The van der Waals surface area contributed by atoms with Crippen molar-refractivity contribution in [2.24, 2.45) is 0 Å². The Hall–Kier alpha value is -1.97. The Morgan fingerprint density at radius 3 is 2.65 bits per heavy atom. The number of benzene rings is 1. The van der Waals surface area contributed by atoms with Crippen LogP contribution in [0.3, 0.4) is 0 Å². The highest BCUT2D eigenvalue weighted by atomic mass is 16.4. The largest absolute Gasteiger partial charge is 0.478 e. The number of nitrogens with one attached hydrogen (secondary N) is 1. The van der Waals surface area contributed by atoms with Crippen LogP contribution in [0, 0.1) is 6.92 Å². The van der Waals surface area contributed by atoms with Crippen molar-refractivity contribution in [3.8, 4) is 0 Å². The van der Waals surface area contributed by atoms with Crippen molar-refractivity contribution in [3.05, 3.63) is 35.4 Å². The summed E-state index contributed by atoms with van der Waals surface area (Å²) in [5, 5.41) is 12.4. The minimum Gasteiger partial charge on any atom is -0.478 e. The predicted octanol–water partition coefficient (Wildman–Crippen LogP) is 2.41. The minimum absolute atomic E-state index is 0.165. The molecule has 1 aliphatic carbocycles. The van der Waals surface area contributed by atoms with Gasteiger partial charge in [-0.2, -0.15) is 0 Å². The number of nitrogen functional groups attached to an aromatic ring is 1. The molecular formula is C13H16N2O2. The highest BCUT2D eigenvalue weighted by molar-refractivity contribution is 5.95. The average Bonchev–Trinajstić information content (AvgIpc) is 2.75. The number of rotatable bonds is 3. The van der Waals surface area contributed by atoms with E-state index in [1.807, 2.05) is 13.0 Å². The van der Waals surface area contributed by atoms with E-state index in [4.69, 9.17) is 10.8 Å². The molecule has 0 spiro atoms. The van der Waals surface area contributed by atoms with Gasteiger partial charge in [0.2, 0.25) is 0 Å². The van der Waals surface area contributed by atoms with Gasteiger partial charge >= 0.3 is 5.97 Å². The second kappa shape index (κ2) is 4.49. The maximum absolute atomic E-state index is 11.0. The van der Waals surface area contributed by atoms with E-state index in [2.05, 4.69) is 17.5 Å². The van der Waals surface area contributed by atoms with Crippen LogP contribution < -0.4 is 11.1 Å². The first-order valence-electron chi connectivity index (χ1n) is 5.63. The molecule has 0 aliphatic heterocycles. The normalized spacial score (nSPS) is 15.1. The Morgan fingerprint density at radius 1 is 1.41 bits per heavy atom. The Bertz CT molecular complexity index is 473. The third-order valence-corrected chi connectivity index (χ3v) is 3.00. The highest BCUT2D eigenvalue weighted by Crippen LogP contribution is 2.25. The number of aromatic carboxylic acids is 1. The summed E-state index contributed by atoms with van der Waals surface area (Å²) in [5.74, 6) is -0.987. The van der Waals surface area contributed by atoms with Gasteiger partial charge in [-0.1, -0.05) is 12.2 Å². The molecule has 4 N–H and O–H groups in total. The Kier molecular flexibility index (Phi) is 3.04. The van der Waals surface area contributed by atoms with Gasteiger partial charge < -0.3 is 16.2 Å². The molecule has 0 bridgehead atoms. The number of hydrogen-bond donors (Lipinski definition) is 3. The molecule has 90 valence electrons. The third-order valence-electron chi connectivity index (χ3n) is 3.00. The molecule has 1 aromatic carbocycles. The first-order chi connectivity index (χ1) is 8.08. The standard InChI is InChI=1S/C13H16N2O2/c1-8-6-10(15-9-4-2-3-5-9)7-11(12(8)14)13(16)17/h2-3,6-7,9,15H,4-5,14H2,1H3,(H,16,17). The van der Waals surface area contributed by atoms with Gasteiger partial charge in [0.15, 0.2) is 0 Å². The molecule has 0 amide bonds. The van der Waals surface area contributed by atoms with Gasteiger partial charge in [-0.3, -0.25) is 0 Å². The SMILES string of the molecule is Cc1cc(NC2CC=CC2)cc(C(=O)O)c1N. The molecule has 4 nitrogen and oxygen atoms in total. The molecule has 0 saturated carbocycles. The highest BCUT2D eigenvalue weighted by Gasteiger charge is 2.14. The number of nitrogens with two attached hydrogens (primary N) is 1. The molecule has 1 aliphatic rings. The van der Waals surface area contributed by atoms with Crippen molar-refractivity contribution in [2.75, 3.05) is 11.1 Å². The Morgan fingerprint density at radius 2 is 2.06 bits per heavy atom. The fraction of sp³-hybridized carbons (Fsp3) is 0.308. The van der Waals surface area contributed by atoms with Crippen LogP contribution >= 0.6 is 0 Å². The topological polar surface area (TPSA) is 75.3 Å². The zero-order chi connectivity index (χ0) is 12.4. The van der Waals surface area contributed by atoms with Gasteiger partial charge in [0, 0.05) is 17.4 Å². The number of carboxylic acid groups (broad SMARTS) is 1. The van der Waals surface area contributed by atoms with Gasteiger partial charge in [-0.05, 0) is 37.5 Å². The minimum atomic E-state index is -0.987. The van der Waals surface area contributed by atoms with Crippen molar-refractivity contribution in [2.45, 2.75) is 25.8 Å². The summed E-state index contributed by atoms with van der Waals surface area (Å²) in [5.41, 5.74) is 7.86. The van der Waals surface area contributed by atoms with E-state index >= 15 is 0 Å². The van der Waals surface area contributed by atoms with Crippen LogP contribution in [0.1, 0.15) is 28.8 Å². The van der Waals surface area contributed by atoms with Crippen LogP contribution in [-0.4, -0.2) is 17.1 Å². The van der Waals surface area contributed by atoms with Crippen LogP contribution in [0.4, 0.5) is 11.4 Å². The number of carbonyl (C=O) groups is 1. The van der Waals surface area contributed by atoms with E-state index < -0.39 is 5.97 Å². The smallest absolute Gasteiger partial charge is 0.337 e. The molecule has 0 radical (unpaired) electrons. The summed E-state index contributed by atoms with van der Waals surface area (Å²) in [4.78, 5) is 11.0. The number of hydrogen-bond acceptors (Lipinski definition) is 3. The molecule has 0 atom stereocenters. The first-order valence-corrected chi connectivity index (χ1v) is 5.63. The van der Waals surface area contributed by atoms with Crippen molar-refractivity contribution in [1.29, 1.82) is 0 Å². The fourth-order valence-corrected chi connectivity index (χ4v) is 2.03. The van der Waals surface area contributed by atoms with Crippen molar-refractivity contribution < 1.29 is 9.90 Å². The summed E-state index contributed by atoms with van der Waals surface area (Å²) in [7, 11) is 0. The Labute approximate surface area is 100 Å². The lowest BCUT2D eigenvalue weighted by Crippen LogP contribution is -2.16. The van der Waals surface area contributed by atoms with Crippen LogP contribution in [0.25, 0.3) is 0 Å². The van der Waals surface area contributed by atoms with E-state index in [-0.39, 0.29) is 5.56 Å². The summed E-state index contributed by atoms with van der Waals surface area (Å²) in [6, 6.07) is 3.85. The van der Waals surface area contributed by atoms with E-state index in [1.165, 1.54) is 0 Å². The summed E-state index contributed by atoms with van der Waals surface area (Å²) < 4.78 is 0. The van der Waals surface area contributed by atoms with Gasteiger partial charge in [-0.25, -0.2) is 4.79 Å². The van der Waals surface area contributed by atoms with Crippen LogP contribution in [0.15, 0.2) is 24.3 Å². The molecule has 0 aromatic heterocycles. The number of carboxylic acids is 1. The third kappa shape index (κ3) is 2.41. The monoisotopic (exact) mass is 232 g/mol. The number of aryl methyl sites for hydroxylation is 1. The summed E-state index contributed by atoms with van der Waals surface area (Å²) in [6.45, 7) is 1.82. The fourth-order valence-electron chi connectivity index (χ4n) is 2.03. The molecule has 2 rings (SSSR count). The summed E-state index contributed by atoms with van der Waals surface area (Å²) >= 11 is 0. The molecule has 4 heteroatoms. The average molecular weight is 232 g/mol. The van der Waals surface area contributed by atoms with Gasteiger partial charge in [0.25, 0.3) is 0 Å². The quantitative estimate of drug-likeness (QED) is 0.552. The Balaban J connectivity index is 2.25. The lowest BCUT2D eigenvalue weighted by molar-refractivity contribution is 0.0698. The van der Waals surface area contributed by atoms with Gasteiger partial charge in [-0.15, -0.1) is 0 Å². The van der Waals surface area contributed by atoms with E-state index in [0.29, 0.717) is 11.7 Å². The molecule has 17 heavy (non-hydrogen) atoms. The second-order valence-corrected chi connectivity index (χ2v) is 4.34. The van der Waals surface area contributed by atoms with Crippen LogP contribution in [0.5, 0.6) is 0 Å². The molecule has 0 heterocycles. The second-order valence-electron chi connectivity index (χ2n) is 4.34. The predicted molar refractivity (Wildman–Crippen MR) is 68.3 cm³/mol. The molecule has 1 aromatic rings. The number of anilines is 2. The van der Waals surface area contributed by atoms with Crippen LogP contribution in [0.2, 0.25) is 0 Å². The maximum atomic E-state index is 11.0. The molecular weight excluding hydrogens is 216 g/mol. The zero-order valence-corrected chi connectivity index (χ0v) is 9.73. The lowest BCUT2D eigenvalue weighted by atomic mass is 10.1. The van der Waals surface area contributed by atoms with Crippen LogP contribution in [-0.2, 0) is 0 Å². The molecule has 0 unspecified atom stereocenters. The molecule has 0 saturated heterocycles. The van der Waals surface area contributed by atoms with Gasteiger partial charge in [0.05, 0.1) is 5.56 Å². The van der Waals surface area contributed by atoms with E-state index in [1.54, 1.807) is 6.07 Å². The van der Waals surface area contributed by atoms with E-state index in [9.17, 15) is 4.79 Å².